The van der Waals surface area contributed by atoms with Gasteiger partial charge in [-0.05, 0) is 18.9 Å². The first-order chi connectivity index (χ1) is 10.6. The van der Waals surface area contributed by atoms with E-state index in [2.05, 4.69) is 0 Å². The molecule has 0 saturated carbocycles. The zero-order chi connectivity index (χ0) is 16.4. The molecule has 0 radical (unpaired) electrons. The summed E-state index contributed by atoms with van der Waals surface area (Å²) in [5.41, 5.74) is 1.58. The van der Waals surface area contributed by atoms with Gasteiger partial charge in [-0.2, -0.15) is 0 Å². The minimum atomic E-state index is -0.751. The van der Waals surface area contributed by atoms with Crippen LogP contribution in [0.3, 0.4) is 0 Å². The molecule has 1 aromatic rings. The fraction of sp³-hybridized carbons (Fsp3) is 0.471. The van der Waals surface area contributed by atoms with E-state index in [0.717, 1.165) is 5.57 Å². The lowest BCUT2D eigenvalue weighted by Gasteiger charge is -2.17. The molecule has 0 N–H and O–H groups in total. The molecule has 0 bridgehead atoms. The number of rotatable bonds is 10. The summed E-state index contributed by atoms with van der Waals surface area (Å²) < 4.78 is 20.6. The summed E-state index contributed by atoms with van der Waals surface area (Å²) in [6.07, 6.45) is 2.34. The Bertz CT molecular complexity index is 465. The van der Waals surface area contributed by atoms with E-state index >= 15 is 0 Å². The van der Waals surface area contributed by atoms with Crippen LogP contribution in [0.1, 0.15) is 30.1 Å². The van der Waals surface area contributed by atoms with Crippen molar-refractivity contribution in [3.63, 3.8) is 0 Å². The van der Waals surface area contributed by atoms with Gasteiger partial charge in [0.15, 0.2) is 5.78 Å². The van der Waals surface area contributed by atoms with Crippen molar-refractivity contribution in [2.45, 2.75) is 32.3 Å². The van der Waals surface area contributed by atoms with E-state index in [1.54, 1.807) is 13.4 Å². The molecule has 1 unspecified atom stereocenters. The molecule has 0 aliphatic heterocycles. The van der Waals surface area contributed by atoms with E-state index in [9.17, 15) is 4.79 Å². The molecule has 1 aromatic carbocycles. The van der Waals surface area contributed by atoms with Crippen LogP contribution in [0.4, 0.5) is 0 Å². The number of carbonyl (C=O) groups is 1. The highest BCUT2D eigenvalue weighted by atomic mass is 16.8. The first kappa shape index (κ1) is 18.4. The molecule has 0 aliphatic carbocycles. The second kappa shape index (κ2) is 10.1. The summed E-state index contributed by atoms with van der Waals surface area (Å²) in [6.45, 7) is 1.13. The SMILES string of the molecule is COC(OC)O/C=C(\C)C(CCC(=O)c1ccccc1)OC. The average Bonchev–Trinajstić information content (AvgIpc) is 2.56. The van der Waals surface area contributed by atoms with E-state index in [1.165, 1.54) is 14.2 Å². The lowest BCUT2D eigenvalue weighted by atomic mass is 10.0. The van der Waals surface area contributed by atoms with Crippen molar-refractivity contribution in [3.05, 3.63) is 47.7 Å². The summed E-state index contributed by atoms with van der Waals surface area (Å²) in [7, 11) is 4.59. The zero-order valence-corrected chi connectivity index (χ0v) is 13.6. The molecule has 5 heteroatoms. The Kier molecular flexibility index (Phi) is 8.43. The Hall–Kier alpha value is -1.69. The number of carbonyl (C=O) groups excluding carboxylic acids is 1. The van der Waals surface area contributed by atoms with E-state index in [4.69, 9.17) is 18.9 Å². The minimum Gasteiger partial charge on any atom is -0.449 e. The first-order valence-electron chi connectivity index (χ1n) is 7.11. The standard InChI is InChI=1S/C17H24O5/c1-13(12-22-17(20-3)21-4)16(19-2)11-10-15(18)14-8-6-5-7-9-14/h5-9,12,16-17H,10-11H2,1-4H3/b13-12+. The monoisotopic (exact) mass is 308 g/mol. The number of methoxy groups -OCH3 is 3. The first-order valence-corrected chi connectivity index (χ1v) is 7.11. The van der Waals surface area contributed by atoms with Gasteiger partial charge in [-0.1, -0.05) is 30.3 Å². The number of hydrogen-bond donors (Lipinski definition) is 0. The molecule has 1 rings (SSSR count). The number of benzene rings is 1. The van der Waals surface area contributed by atoms with E-state index in [-0.39, 0.29) is 11.9 Å². The van der Waals surface area contributed by atoms with Crippen LogP contribution >= 0.6 is 0 Å². The van der Waals surface area contributed by atoms with Gasteiger partial charge in [-0.25, -0.2) is 0 Å². The molecule has 0 aliphatic rings. The van der Waals surface area contributed by atoms with Crippen molar-refractivity contribution in [1.82, 2.24) is 0 Å². The van der Waals surface area contributed by atoms with Crippen molar-refractivity contribution < 1.29 is 23.7 Å². The van der Waals surface area contributed by atoms with Crippen LogP contribution in [-0.2, 0) is 18.9 Å². The Morgan fingerprint density at radius 1 is 1.09 bits per heavy atom. The topological polar surface area (TPSA) is 54.0 Å². The number of ketones is 1. The minimum absolute atomic E-state index is 0.100. The summed E-state index contributed by atoms with van der Waals surface area (Å²) in [6, 6.07) is 9.24. The summed E-state index contributed by atoms with van der Waals surface area (Å²) in [5, 5.41) is 0. The van der Waals surface area contributed by atoms with Crippen molar-refractivity contribution in [3.8, 4) is 0 Å². The van der Waals surface area contributed by atoms with E-state index < -0.39 is 6.48 Å². The van der Waals surface area contributed by atoms with Gasteiger partial charge in [-0.15, -0.1) is 0 Å². The molecular weight excluding hydrogens is 284 g/mol. The van der Waals surface area contributed by atoms with E-state index in [0.29, 0.717) is 18.4 Å². The Morgan fingerprint density at radius 2 is 1.73 bits per heavy atom. The molecule has 122 valence electrons. The van der Waals surface area contributed by atoms with Gasteiger partial charge in [0, 0.05) is 33.3 Å². The van der Waals surface area contributed by atoms with Crippen LogP contribution < -0.4 is 0 Å². The molecular formula is C17H24O5. The number of hydrogen-bond acceptors (Lipinski definition) is 5. The fourth-order valence-corrected chi connectivity index (χ4v) is 2.01. The predicted molar refractivity (Wildman–Crippen MR) is 83.5 cm³/mol. The largest absolute Gasteiger partial charge is 0.449 e. The van der Waals surface area contributed by atoms with Gasteiger partial charge in [0.25, 0.3) is 0 Å². The van der Waals surface area contributed by atoms with Crippen molar-refractivity contribution in [1.29, 1.82) is 0 Å². The second-order valence-corrected chi connectivity index (χ2v) is 4.81. The summed E-state index contributed by atoms with van der Waals surface area (Å²) in [5.74, 6) is 0.100. The predicted octanol–water partition coefficient (Wildman–Crippen LogP) is 3.16. The molecule has 0 spiro atoms. The van der Waals surface area contributed by atoms with Crippen LogP contribution in [0.25, 0.3) is 0 Å². The molecule has 0 heterocycles. The zero-order valence-electron chi connectivity index (χ0n) is 13.6. The lowest BCUT2D eigenvalue weighted by molar-refractivity contribution is -0.240. The van der Waals surface area contributed by atoms with Gasteiger partial charge >= 0.3 is 6.48 Å². The van der Waals surface area contributed by atoms with Crippen LogP contribution in [0.5, 0.6) is 0 Å². The summed E-state index contributed by atoms with van der Waals surface area (Å²) >= 11 is 0. The molecule has 0 saturated heterocycles. The quantitative estimate of drug-likeness (QED) is 0.377. The van der Waals surface area contributed by atoms with Crippen LogP contribution in [0.2, 0.25) is 0 Å². The Balaban J connectivity index is 2.53. The third-order valence-electron chi connectivity index (χ3n) is 3.27. The van der Waals surface area contributed by atoms with Gasteiger partial charge in [0.2, 0.25) is 0 Å². The maximum Gasteiger partial charge on any atom is 0.314 e. The average molecular weight is 308 g/mol. The third kappa shape index (κ3) is 5.97. The van der Waals surface area contributed by atoms with Crippen molar-refractivity contribution >= 4 is 5.78 Å². The third-order valence-corrected chi connectivity index (χ3v) is 3.27. The molecule has 0 aromatic heterocycles. The van der Waals surface area contributed by atoms with Gasteiger partial charge < -0.3 is 18.9 Å². The molecule has 5 nitrogen and oxygen atoms in total. The highest BCUT2D eigenvalue weighted by Crippen LogP contribution is 2.15. The van der Waals surface area contributed by atoms with Gasteiger partial charge in [-0.3, -0.25) is 4.79 Å². The maximum absolute atomic E-state index is 12.1. The molecule has 0 amide bonds. The smallest absolute Gasteiger partial charge is 0.314 e. The van der Waals surface area contributed by atoms with Crippen LogP contribution in [0.15, 0.2) is 42.2 Å². The summed E-state index contributed by atoms with van der Waals surface area (Å²) in [4.78, 5) is 12.1. The normalized spacial score (nSPS) is 13.2. The molecule has 22 heavy (non-hydrogen) atoms. The van der Waals surface area contributed by atoms with E-state index in [1.807, 2.05) is 37.3 Å². The second-order valence-electron chi connectivity index (χ2n) is 4.81. The fourth-order valence-electron chi connectivity index (χ4n) is 2.01. The van der Waals surface area contributed by atoms with Crippen molar-refractivity contribution in [2.24, 2.45) is 0 Å². The number of ether oxygens (including phenoxy) is 4. The highest BCUT2D eigenvalue weighted by molar-refractivity contribution is 5.95. The maximum atomic E-state index is 12.1. The molecule has 0 fully saturated rings. The van der Waals surface area contributed by atoms with Gasteiger partial charge in [0.1, 0.15) is 0 Å². The van der Waals surface area contributed by atoms with Gasteiger partial charge in [0.05, 0.1) is 12.4 Å². The van der Waals surface area contributed by atoms with Crippen molar-refractivity contribution in [2.75, 3.05) is 21.3 Å². The molecule has 1 atom stereocenters. The lowest BCUT2D eigenvalue weighted by Crippen LogP contribution is -2.18. The Labute approximate surface area is 131 Å². The number of Topliss-reactive ketones (excluding diaryl/α,β-unsaturated/α-hetero) is 1. The highest BCUT2D eigenvalue weighted by Gasteiger charge is 2.14. The van der Waals surface area contributed by atoms with Crippen LogP contribution in [0, 0.1) is 0 Å². The Morgan fingerprint density at radius 3 is 2.27 bits per heavy atom. The van der Waals surface area contributed by atoms with Crippen LogP contribution in [-0.4, -0.2) is 39.7 Å².